The number of anilines is 2. The Morgan fingerprint density at radius 2 is 2.20 bits per heavy atom. The van der Waals surface area contributed by atoms with Crippen molar-refractivity contribution in [1.82, 2.24) is 4.98 Å². The number of benzene rings is 1. The van der Waals surface area contributed by atoms with Crippen LogP contribution in [0.15, 0.2) is 35.8 Å². The molecule has 0 radical (unpaired) electrons. The van der Waals surface area contributed by atoms with Crippen molar-refractivity contribution in [2.24, 2.45) is 0 Å². The highest BCUT2D eigenvalue weighted by Crippen LogP contribution is 2.25. The van der Waals surface area contributed by atoms with E-state index in [4.69, 9.17) is 4.74 Å². The Labute approximate surface area is 123 Å². The Morgan fingerprint density at radius 1 is 1.35 bits per heavy atom. The molecule has 1 aliphatic rings. The molecule has 5 heteroatoms. The average molecular weight is 289 g/mol. The highest BCUT2D eigenvalue weighted by Gasteiger charge is 2.12. The Morgan fingerprint density at radius 3 is 2.95 bits per heavy atom. The molecule has 0 bridgehead atoms. The summed E-state index contributed by atoms with van der Waals surface area (Å²) in [7, 11) is 0. The van der Waals surface area contributed by atoms with E-state index in [9.17, 15) is 0 Å². The Hall–Kier alpha value is -1.59. The first-order chi connectivity index (χ1) is 9.83. The van der Waals surface area contributed by atoms with Crippen LogP contribution in [0, 0.1) is 0 Å². The zero-order valence-corrected chi connectivity index (χ0v) is 12.4. The highest BCUT2D eigenvalue weighted by atomic mass is 32.1. The number of ether oxygens (including phenoxy) is 1. The van der Waals surface area contributed by atoms with Gasteiger partial charge in [-0.2, -0.15) is 0 Å². The molecule has 20 heavy (non-hydrogen) atoms. The molecule has 1 fully saturated rings. The van der Waals surface area contributed by atoms with Gasteiger partial charge in [-0.25, -0.2) is 4.98 Å². The van der Waals surface area contributed by atoms with Crippen molar-refractivity contribution in [3.63, 3.8) is 0 Å². The minimum absolute atomic E-state index is 0.231. The maximum Gasteiger partial charge on any atom is 0.115 e. The lowest BCUT2D eigenvalue weighted by molar-refractivity contribution is 0.122. The maximum absolute atomic E-state index is 5.40. The molecule has 1 aromatic heterocycles. The first kappa shape index (κ1) is 13.4. The van der Waals surface area contributed by atoms with Gasteiger partial charge in [-0.3, -0.25) is 0 Å². The van der Waals surface area contributed by atoms with Crippen LogP contribution in [0.4, 0.5) is 11.4 Å². The van der Waals surface area contributed by atoms with Gasteiger partial charge in [-0.15, -0.1) is 11.3 Å². The average Bonchev–Trinajstić information content (AvgIpc) is 3.03. The standard InChI is InChI=1S/C15H19N3OS/c1-12(15-16-5-10-20-15)17-13-3-2-4-14(11-13)18-6-8-19-9-7-18/h2-5,10-12,17H,6-9H2,1H3/t12-/m0/s1. The summed E-state index contributed by atoms with van der Waals surface area (Å²) in [6, 6.07) is 8.80. The van der Waals surface area contributed by atoms with Gasteiger partial charge >= 0.3 is 0 Å². The lowest BCUT2D eigenvalue weighted by atomic mass is 10.2. The molecule has 0 amide bonds. The maximum atomic E-state index is 5.40. The monoisotopic (exact) mass is 289 g/mol. The summed E-state index contributed by atoms with van der Waals surface area (Å²) in [5.41, 5.74) is 2.39. The second-order valence-corrected chi connectivity index (χ2v) is 5.81. The van der Waals surface area contributed by atoms with Crippen LogP contribution in [0.25, 0.3) is 0 Å². The van der Waals surface area contributed by atoms with Crippen molar-refractivity contribution in [3.8, 4) is 0 Å². The van der Waals surface area contributed by atoms with Crippen LogP contribution >= 0.6 is 11.3 Å². The Kier molecular flexibility index (Phi) is 4.18. The van der Waals surface area contributed by atoms with E-state index in [1.807, 2.05) is 11.6 Å². The predicted octanol–water partition coefficient (Wildman–Crippen LogP) is 3.15. The Balaban J connectivity index is 1.70. The third kappa shape index (κ3) is 3.11. The SMILES string of the molecule is C[C@H](Nc1cccc(N2CCOCC2)c1)c1nccs1. The van der Waals surface area contributed by atoms with E-state index in [-0.39, 0.29) is 6.04 Å². The van der Waals surface area contributed by atoms with E-state index >= 15 is 0 Å². The Bertz CT molecular complexity index is 538. The number of thiazole rings is 1. The van der Waals surface area contributed by atoms with Crippen LogP contribution in [0.1, 0.15) is 18.0 Å². The minimum Gasteiger partial charge on any atom is -0.378 e. The van der Waals surface area contributed by atoms with E-state index in [0.29, 0.717) is 0 Å². The second kappa shape index (κ2) is 6.24. The van der Waals surface area contributed by atoms with Gasteiger partial charge in [-0.1, -0.05) is 6.07 Å². The molecule has 2 aromatic rings. The molecular weight excluding hydrogens is 270 g/mol. The van der Waals surface area contributed by atoms with Crippen LogP contribution in [-0.4, -0.2) is 31.3 Å². The van der Waals surface area contributed by atoms with Gasteiger partial charge in [0.1, 0.15) is 5.01 Å². The summed E-state index contributed by atoms with van der Waals surface area (Å²) < 4.78 is 5.40. The van der Waals surface area contributed by atoms with Gasteiger partial charge in [0, 0.05) is 36.0 Å². The third-order valence-corrected chi connectivity index (χ3v) is 4.39. The fraction of sp³-hybridized carbons (Fsp3) is 0.400. The van der Waals surface area contributed by atoms with E-state index in [0.717, 1.165) is 37.0 Å². The van der Waals surface area contributed by atoms with Crippen molar-refractivity contribution < 1.29 is 4.74 Å². The van der Waals surface area contributed by atoms with Gasteiger partial charge in [0.25, 0.3) is 0 Å². The van der Waals surface area contributed by atoms with Crippen molar-refractivity contribution in [2.75, 3.05) is 36.5 Å². The zero-order chi connectivity index (χ0) is 13.8. The van der Waals surface area contributed by atoms with Crippen LogP contribution in [0.2, 0.25) is 0 Å². The molecule has 0 aliphatic carbocycles. The molecule has 0 saturated carbocycles. The first-order valence-electron chi connectivity index (χ1n) is 6.91. The van der Waals surface area contributed by atoms with Gasteiger partial charge in [-0.05, 0) is 25.1 Å². The molecule has 4 nitrogen and oxygen atoms in total. The van der Waals surface area contributed by atoms with Crippen molar-refractivity contribution in [2.45, 2.75) is 13.0 Å². The highest BCUT2D eigenvalue weighted by molar-refractivity contribution is 7.09. The molecule has 1 N–H and O–H groups in total. The van der Waals surface area contributed by atoms with Crippen LogP contribution in [0.3, 0.4) is 0 Å². The van der Waals surface area contributed by atoms with Gasteiger partial charge in [0.2, 0.25) is 0 Å². The van der Waals surface area contributed by atoms with Gasteiger partial charge < -0.3 is 15.0 Å². The van der Waals surface area contributed by atoms with E-state index in [1.54, 1.807) is 11.3 Å². The molecule has 0 unspecified atom stereocenters. The summed E-state index contributed by atoms with van der Waals surface area (Å²) in [5.74, 6) is 0. The molecule has 2 heterocycles. The molecule has 1 aliphatic heterocycles. The first-order valence-corrected chi connectivity index (χ1v) is 7.79. The second-order valence-electron chi connectivity index (χ2n) is 4.89. The number of nitrogens with one attached hydrogen (secondary N) is 1. The summed E-state index contributed by atoms with van der Waals surface area (Å²) in [4.78, 5) is 6.72. The van der Waals surface area contributed by atoms with Crippen LogP contribution < -0.4 is 10.2 Å². The van der Waals surface area contributed by atoms with Crippen molar-refractivity contribution in [1.29, 1.82) is 0 Å². The van der Waals surface area contributed by atoms with E-state index in [1.165, 1.54) is 5.69 Å². The lowest BCUT2D eigenvalue weighted by Gasteiger charge is -2.29. The van der Waals surface area contributed by atoms with E-state index in [2.05, 4.69) is 46.4 Å². The summed E-state index contributed by atoms with van der Waals surface area (Å²) in [5, 5.41) is 6.64. The van der Waals surface area contributed by atoms with Gasteiger partial charge in [0.15, 0.2) is 0 Å². The zero-order valence-electron chi connectivity index (χ0n) is 11.6. The predicted molar refractivity (Wildman–Crippen MR) is 83.6 cm³/mol. The summed E-state index contributed by atoms with van der Waals surface area (Å²) >= 11 is 1.68. The number of hydrogen-bond donors (Lipinski definition) is 1. The molecule has 1 saturated heterocycles. The normalized spacial score (nSPS) is 16.9. The van der Waals surface area contributed by atoms with Crippen LogP contribution in [0.5, 0.6) is 0 Å². The number of hydrogen-bond acceptors (Lipinski definition) is 5. The fourth-order valence-electron chi connectivity index (χ4n) is 2.37. The molecule has 106 valence electrons. The topological polar surface area (TPSA) is 37.4 Å². The summed E-state index contributed by atoms with van der Waals surface area (Å²) in [6.07, 6.45) is 1.85. The smallest absolute Gasteiger partial charge is 0.115 e. The molecule has 3 rings (SSSR count). The van der Waals surface area contributed by atoms with Crippen molar-refractivity contribution >= 4 is 22.7 Å². The quantitative estimate of drug-likeness (QED) is 0.938. The fourth-order valence-corrected chi connectivity index (χ4v) is 3.02. The molecule has 1 aromatic carbocycles. The third-order valence-electron chi connectivity index (χ3n) is 3.43. The molecule has 0 spiro atoms. The summed E-state index contributed by atoms with van der Waals surface area (Å²) in [6.45, 7) is 5.69. The van der Waals surface area contributed by atoms with Crippen LogP contribution in [-0.2, 0) is 4.74 Å². The van der Waals surface area contributed by atoms with Crippen molar-refractivity contribution in [3.05, 3.63) is 40.8 Å². The number of nitrogens with zero attached hydrogens (tertiary/aromatic N) is 2. The van der Waals surface area contributed by atoms with E-state index < -0.39 is 0 Å². The number of morpholine rings is 1. The minimum atomic E-state index is 0.231. The molecular formula is C15H19N3OS. The lowest BCUT2D eigenvalue weighted by Crippen LogP contribution is -2.36. The number of aromatic nitrogens is 1. The van der Waals surface area contributed by atoms with Gasteiger partial charge in [0.05, 0.1) is 19.3 Å². The largest absolute Gasteiger partial charge is 0.378 e. The number of rotatable bonds is 4. The molecule has 1 atom stereocenters.